The molecular weight excluding hydrogens is 433 g/mol. The number of pyridine rings is 1. The maximum absolute atomic E-state index is 14.6. The van der Waals surface area contributed by atoms with Crippen LogP contribution in [-0.2, 0) is 0 Å². The molecule has 2 heterocycles. The first-order valence-corrected chi connectivity index (χ1v) is 9.34. The van der Waals surface area contributed by atoms with E-state index in [9.17, 15) is 18.3 Å². The van der Waals surface area contributed by atoms with Crippen molar-refractivity contribution >= 4 is 11.6 Å². The lowest BCUT2D eigenvalue weighted by Crippen LogP contribution is -2.04. The maximum Gasteiger partial charge on any atom is 0.176 e. The van der Waals surface area contributed by atoms with Gasteiger partial charge in [0.2, 0.25) is 0 Å². The van der Waals surface area contributed by atoms with Gasteiger partial charge in [-0.05, 0) is 36.4 Å². The Bertz CT molecular complexity index is 1190. The molecule has 31 heavy (non-hydrogen) atoms. The van der Waals surface area contributed by atoms with Crippen LogP contribution in [0.5, 0.6) is 5.75 Å². The van der Waals surface area contributed by atoms with E-state index < -0.39 is 23.6 Å². The molecule has 0 amide bonds. The van der Waals surface area contributed by atoms with Gasteiger partial charge in [-0.2, -0.15) is 0 Å². The minimum atomic E-state index is -1.45. The zero-order chi connectivity index (χ0) is 22.1. The zero-order valence-corrected chi connectivity index (χ0v) is 16.7. The highest BCUT2D eigenvalue weighted by atomic mass is 35.5. The van der Waals surface area contributed by atoms with Gasteiger partial charge in [0.25, 0.3) is 0 Å². The van der Waals surface area contributed by atoms with E-state index >= 15 is 0 Å². The molecule has 5 nitrogen and oxygen atoms in total. The molecule has 0 fully saturated rings. The van der Waals surface area contributed by atoms with Gasteiger partial charge in [-0.3, -0.25) is 4.98 Å². The first kappa shape index (κ1) is 20.9. The molecule has 0 radical (unpaired) electrons. The van der Waals surface area contributed by atoms with Crippen LogP contribution in [0.3, 0.4) is 0 Å². The second kappa shape index (κ2) is 8.41. The molecule has 158 valence electrons. The van der Waals surface area contributed by atoms with Gasteiger partial charge in [-0.1, -0.05) is 16.8 Å². The number of hydrogen-bond acceptors (Lipinski definition) is 5. The highest BCUT2D eigenvalue weighted by Crippen LogP contribution is 2.41. The largest absolute Gasteiger partial charge is 0.495 e. The van der Waals surface area contributed by atoms with Crippen molar-refractivity contribution in [1.29, 1.82) is 0 Å². The number of benzene rings is 2. The van der Waals surface area contributed by atoms with Crippen molar-refractivity contribution in [2.45, 2.75) is 6.10 Å². The molecule has 2 aromatic heterocycles. The summed E-state index contributed by atoms with van der Waals surface area (Å²) in [6.07, 6.45) is 1.36. The van der Waals surface area contributed by atoms with E-state index in [2.05, 4.69) is 10.1 Å². The number of methoxy groups -OCH3 is 1. The van der Waals surface area contributed by atoms with Crippen molar-refractivity contribution in [2.75, 3.05) is 7.11 Å². The lowest BCUT2D eigenvalue weighted by molar-refractivity contribution is 0.219. The number of aliphatic hydroxyl groups is 1. The summed E-state index contributed by atoms with van der Waals surface area (Å²) in [4.78, 5) is 4.00. The van der Waals surface area contributed by atoms with Crippen LogP contribution in [0.15, 0.2) is 59.4 Å². The monoisotopic (exact) mass is 446 g/mol. The number of hydrogen-bond donors (Lipinski definition) is 1. The SMILES string of the molecule is COc1cncc(C(O)c2c(-c3ccc(Cl)cc3F)noc2-c2ccc(F)cc2F)c1. The average Bonchev–Trinajstić information content (AvgIpc) is 3.17. The molecule has 0 spiro atoms. The van der Waals surface area contributed by atoms with E-state index in [0.717, 1.165) is 18.2 Å². The standard InChI is InChI=1S/C22H14ClF3N2O3/c1-30-14-6-11(9-27-10-14)21(29)19-20(15-4-2-12(23)7-17(15)25)28-31-22(19)16-5-3-13(24)8-18(16)26/h2-10,21,29H,1H3. The Hall–Kier alpha value is -3.36. The van der Waals surface area contributed by atoms with Crippen LogP contribution in [0, 0.1) is 17.5 Å². The van der Waals surface area contributed by atoms with E-state index in [-0.39, 0.29) is 38.7 Å². The molecule has 2 aromatic carbocycles. The molecule has 9 heteroatoms. The minimum Gasteiger partial charge on any atom is -0.495 e. The maximum atomic E-state index is 14.6. The van der Waals surface area contributed by atoms with Crippen LogP contribution in [0.1, 0.15) is 17.2 Å². The summed E-state index contributed by atoms with van der Waals surface area (Å²) < 4.78 is 53.0. The van der Waals surface area contributed by atoms with Crippen molar-refractivity contribution in [1.82, 2.24) is 10.1 Å². The molecule has 0 aliphatic rings. The van der Waals surface area contributed by atoms with Crippen LogP contribution < -0.4 is 4.74 Å². The quantitative estimate of drug-likeness (QED) is 0.434. The van der Waals surface area contributed by atoms with E-state index in [4.69, 9.17) is 20.9 Å². The van der Waals surface area contributed by atoms with E-state index in [1.807, 2.05) is 0 Å². The molecular formula is C22H14ClF3N2O3. The predicted octanol–water partition coefficient (Wildman–Crippen LogP) is 5.56. The number of nitrogens with zero attached hydrogens (tertiary/aromatic N) is 2. The highest BCUT2D eigenvalue weighted by Gasteiger charge is 2.29. The third-order valence-electron chi connectivity index (χ3n) is 4.65. The molecule has 4 rings (SSSR count). The Morgan fingerprint density at radius 2 is 1.74 bits per heavy atom. The van der Waals surface area contributed by atoms with E-state index in [1.54, 1.807) is 0 Å². The molecule has 0 aliphatic heterocycles. The van der Waals surface area contributed by atoms with E-state index in [1.165, 1.54) is 37.7 Å². The molecule has 1 atom stereocenters. The Balaban J connectivity index is 1.95. The Kier molecular flexibility index (Phi) is 5.67. The molecule has 0 bridgehead atoms. The number of ether oxygens (including phenoxy) is 1. The molecule has 4 aromatic rings. The number of aliphatic hydroxyl groups excluding tert-OH is 1. The fourth-order valence-electron chi connectivity index (χ4n) is 3.16. The minimum absolute atomic E-state index is 0.0215. The van der Waals surface area contributed by atoms with Crippen LogP contribution in [-0.4, -0.2) is 22.4 Å². The highest BCUT2D eigenvalue weighted by molar-refractivity contribution is 6.30. The Morgan fingerprint density at radius 3 is 2.45 bits per heavy atom. The summed E-state index contributed by atoms with van der Waals surface area (Å²) in [7, 11) is 1.43. The summed E-state index contributed by atoms with van der Waals surface area (Å²) in [5.41, 5.74) is -0.00168. The Morgan fingerprint density at radius 1 is 1.00 bits per heavy atom. The average molecular weight is 447 g/mol. The van der Waals surface area contributed by atoms with Gasteiger partial charge in [0.05, 0.1) is 24.4 Å². The topological polar surface area (TPSA) is 68.4 Å². The second-order valence-corrected chi connectivity index (χ2v) is 7.02. The number of aromatic nitrogens is 2. The van der Waals surface area contributed by atoms with Gasteiger partial charge in [0.1, 0.15) is 35.0 Å². The first-order valence-electron chi connectivity index (χ1n) is 8.96. The van der Waals surface area contributed by atoms with Crippen LogP contribution >= 0.6 is 11.6 Å². The number of rotatable bonds is 5. The van der Waals surface area contributed by atoms with Gasteiger partial charge in [0, 0.05) is 28.4 Å². The van der Waals surface area contributed by atoms with Crippen molar-refractivity contribution in [2.24, 2.45) is 0 Å². The van der Waals surface area contributed by atoms with Crippen molar-refractivity contribution in [3.63, 3.8) is 0 Å². The van der Waals surface area contributed by atoms with Gasteiger partial charge in [-0.25, -0.2) is 13.2 Å². The first-order chi connectivity index (χ1) is 14.9. The van der Waals surface area contributed by atoms with Gasteiger partial charge >= 0.3 is 0 Å². The molecule has 0 saturated heterocycles. The van der Waals surface area contributed by atoms with Crippen molar-refractivity contribution in [3.8, 4) is 28.3 Å². The molecule has 1 unspecified atom stereocenters. The van der Waals surface area contributed by atoms with Gasteiger partial charge in [0.15, 0.2) is 5.76 Å². The summed E-state index contributed by atoms with van der Waals surface area (Å²) in [6.45, 7) is 0. The second-order valence-electron chi connectivity index (χ2n) is 6.58. The fourth-order valence-corrected chi connectivity index (χ4v) is 3.32. The van der Waals surface area contributed by atoms with Gasteiger partial charge < -0.3 is 14.4 Å². The van der Waals surface area contributed by atoms with Crippen LogP contribution in [0.4, 0.5) is 13.2 Å². The summed E-state index contributed by atoms with van der Waals surface area (Å²) >= 11 is 5.83. The normalized spacial score (nSPS) is 12.1. The fraction of sp³-hybridized carbons (Fsp3) is 0.0909. The third-order valence-corrected chi connectivity index (χ3v) is 4.88. The van der Waals surface area contributed by atoms with Crippen molar-refractivity contribution < 1.29 is 27.5 Å². The van der Waals surface area contributed by atoms with Gasteiger partial charge in [-0.15, -0.1) is 0 Å². The summed E-state index contributed by atoms with van der Waals surface area (Å²) in [5, 5.41) is 15.2. The summed E-state index contributed by atoms with van der Waals surface area (Å²) in [5.74, 6) is -2.26. The third kappa shape index (κ3) is 3.99. The van der Waals surface area contributed by atoms with Crippen molar-refractivity contribution in [3.05, 3.63) is 88.5 Å². The molecule has 0 aliphatic carbocycles. The molecule has 0 saturated carbocycles. The lowest BCUT2D eigenvalue weighted by Gasteiger charge is -2.14. The van der Waals surface area contributed by atoms with Crippen LogP contribution in [0.25, 0.3) is 22.6 Å². The number of halogens is 4. The van der Waals surface area contributed by atoms with E-state index in [0.29, 0.717) is 11.8 Å². The van der Waals surface area contributed by atoms with Crippen LogP contribution in [0.2, 0.25) is 5.02 Å². The zero-order valence-electron chi connectivity index (χ0n) is 15.9. The summed E-state index contributed by atoms with van der Waals surface area (Å²) in [6, 6.07) is 8.24. The lowest BCUT2D eigenvalue weighted by atomic mass is 9.94. The predicted molar refractivity (Wildman–Crippen MR) is 107 cm³/mol. The Labute approximate surface area is 179 Å². The smallest absolute Gasteiger partial charge is 0.176 e. The molecule has 1 N–H and O–H groups in total.